The van der Waals surface area contributed by atoms with Crippen LogP contribution in [0.25, 0.3) is 0 Å². The van der Waals surface area contributed by atoms with E-state index in [2.05, 4.69) is 17.6 Å². The van der Waals surface area contributed by atoms with Gasteiger partial charge in [0.05, 0.1) is 0 Å². The van der Waals surface area contributed by atoms with Crippen molar-refractivity contribution in [3.8, 4) is 0 Å². The highest BCUT2D eigenvalue weighted by molar-refractivity contribution is 5.75. The van der Waals surface area contributed by atoms with E-state index in [0.29, 0.717) is 6.42 Å². The predicted octanol–water partition coefficient (Wildman–Crippen LogP) is 1.29. The largest absolute Gasteiger partial charge is 0.356 e. The van der Waals surface area contributed by atoms with Gasteiger partial charge in [0.15, 0.2) is 0 Å². The first-order chi connectivity index (χ1) is 6.31. The maximum atomic E-state index is 11.1. The van der Waals surface area contributed by atoms with Gasteiger partial charge in [0.2, 0.25) is 5.91 Å². The van der Waals surface area contributed by atoms with E-state index in [1.807, 2.05) is 7.05 Å². The third-order valence-corrected chi connectivity index (χ3v) is 1.90. The van der Waals surface area contributed by atoms with Crippen LogP contribution in [0.4, 0.5) is 0 Å². The summed E-state index contributed by atoms with van der Waals surface area (Å²) in [5.41, 5.74) is 0. The summed E-state index contributed by atoms with van der Waals surface area (Å²) in [5, 5.41) is 5.96. The maximum absolute atomic E-state index is 11.1. The molecule has 0 aromatic carbocycles. The molecule has 0 atom stereocenters. The van der Waals surface area contributed by atoms with Crippen molar-refractivity contribution in [3.05, 3.63) is 0 Å². The molecule has 0 bridgehead atoms. The number of hydrogen-bond donors (Lipinski definition) is 2. The third-order valence-electron chi connectivity index (χ3n) is 1.90. The molecule has 0 aromatic heterocycles. The van der Waals surface area contributed by atoms with Crippen LogP contribution < -0.4 is 10.6 Å². The van der Waals surface area contributed by atoms with Crippen molar-refractivity contribution < 1.29 is 4.79 Å². The Balaban J connectivity index is 3.08. The molecule has 0 aliphatic heterocycles. The quantitative estimate of drug-likeness (QED) is 0.561. The van der Waals surface area contributed by atoms with E-state index in [-0.39, 0.29) is 5.91 Å². The molecule has 0 saturated carbocycles. The first-order valence-corrected chi connectivity index (χ1v) is 5.22. The number of unbranched alkanes of at least 4 members (excludes halogenated alkanes) is 2. The minimum atomic E-state index is 0.200. The van der Waals surface area contributed by atoms with Crippen molar-refractivity contribution in [2.75, 3.05) is 20.1 Å². The minimum absolute atomic E-state index is 0.200. The fraction of sp³-hybridized carbons (Fsp3) is 0.900. The van der Waals surface area contributed by atoms with E-state index in [1.165, 1.54) is 0 Å². The Bertz CT molecular complexity index is 126. The number of carbonyl (C=O) groups is 1. The smallest absolute Gasteiger partial charge is 0.219 e. The van der Waals surface area contributed by atoms with Crippen molar-refractivity contribution >= 4 is 5.91 Å². The minimum Gasteiger partial charge on any atom is -0.356 e. The van der Waals surface area contributed by atoms with Crippen LogP contribution in [0.3, 0.4) is 0 Å². The number of rotatable bonds is 8. The fourth-order valence-electron chi connectivity index (χ4n) is 1.12. The lowest BCUT2D eigenvalue weighted by atomic mass is 10.2. The molecule has 0 aromatic rings. The van der Waals surface area contributed by atoms with Crippen LogP contribution in [-0.4, -0.2) is 26.0 Å². The van der Waals surface area contributed by atoms with Gasteiger partial charge in [-0.3, -0.25) is 4.79 Å². The number of hydrogen-bond acceptors (Lipinski definition) is 2. The van der Waals surface area contributed by atoms with Crippen molar-refractivity contribution in [1.29, 1.82) is 0 Å². The summed E-state index contributed by atoms with van der Waals surface area (Å²) in [6.07, 6.45) is 5.02. The topological polar surface area (TPSA) is 41.1 Å². The highest BCUT2D eigenvalue weighted by Crippen LogP contribution is 1.98. The van der Waals surface area contributed by atoms with E-state index in [9.17, 15) is 4.79 Å². The Morgan fingerprint density at radius 1 is 1.15 bits per heavy atom. The first kappa shape index (κ1) is 12.4. The van der Waals surface area contributed by atoms with Gasteiger partial charge in [-0.15, -0.1) is 0 Å². The van der Waals surface area contributed by atoms with E-state index < -0.39 is 0 Å². The Morgan fingerprint density at radius 2 is 1.92 bits per heavy atom. The van der Waals surface area contributed by atoms with E-state index in [4.69, 9.17) is 0 Å². The average molecular weight is 186 g/mol. The average Bonchev–Trinajstić information content (AvgIpc) is 2.14. The third kappa shape index (κ3) is 9.34. The van der Waals surface area contributed by atoms with Gasteiger partial charge in [0, 0.05) is 13.0 Å². The SMILES string of the molecule is CCCNC(=O)CCCCCNC. The summed E-state index contributed by atoms with van der Waals surface area (Å²) in [4.78, 5) is 11.1. The zero-order chi connectivity index (χ0) is 9.94. The van der Waals surface area contributed by atoms with Gasteiger partial charge in [0.25, 0.3) is 0 Å². The zero-order valence-electron chi connectivity index (χ0n) is 8.86. The van der Waals surface area contributed by atoms with Crippen molar-refractivity contribution in [3.63, 3.8) is 0 Å². The molecule has 0 saturated heterocycles. The lowest BCUT2D eigenvalue weighted by molar-refractivity contribution is -0.121. The lowest BCUT2D eigenvalue weighted by Crippen LogP contribution is -2.23. The van der Waals surface area contributed by atoms with Gasteiger partial charge in [0.1, 0.15) is 0 Å². The summed E-state index contributed by atoms with van der Waals surface area (Å²) >= 11 is 0. The monoisotopic (exact) mass is 186 g/mol. The van der Waals surface area contributed by atoms with Crippen molar-refractivity contribution in [2.24, 2.45) is 0 Å². The summed E-state index contributed by atoms with van der Waals surface area (Å²) in [6.45, 7) is 3.93. The highest BCUT2D eigenvalue weighted by atomic mass is 16.1. The van der Waals surface area contributed by atoms with Gasteiger partial charge in [-0.05, 0) is 32.9 Å². The number of carbonyl (C=O) groups excluding carboxylic acids is 1. The van der Waals surface area contributed by atoms with Crippen LogP contribution in [-0.2, 0) is 4.79 Å². The van der Waals surface area contributed by atoms with Crippen LogP contribution in [0.1, 0.15) is 39.0 Å². The van der Waals surface area contributed by atoms with Crippen molar-refractivity contribution in [1.82, 2.24) is 10.6 Å². The Hall–Kier alpha value is -0.570. The molecule has 13 heavy (non-hydrogen) atoms. The fourth-order valence-corrected chi connectivity index (χ4v) is 1.12. The number of nitrogens with one attached hydrogen (secondary N) is 2. The summed E-state index contributed by atoms with van der Waals surface area (Å²) < 4.78 is 0. The summed E-state index contributed by atoms with van der Waals surface area (Å²) in [5.74, 6) is 0.200. The molecule has 0 spiro atoms. The van der Waals surface area contributed by atoms with E-state index in [1.54, 1.807) is 0 Å². The standard InChI is InChI=1S/C10H22N2O/c1-3-8-12-10(13)7-5-4-6-9-11-2/h11H,3-9H2,1-2H3,(H,12,13). The first-order valence-electron chi connectivity index (χ1n) is 5.22. The van der Waals surface area contributed by atoms with Crippen LogP contribution in [0.2, 0.25) is 0 Å². The molecule has 1 amide bonds. The van der Waals surface area contributed by atoms with E-state index >= 15 is 0 Å². The second-order valence-electron chi connectivity index (χ2n) is 3.26. The number of amides is 1. The molecule has 3 heteroatoms. The van der Waals surface area contributed by atoms with Gasteiger partial charge in [-0.2, -0.15) is 0 Å². The molecule has 3 nitrogen and oxygen atoms in total. The van der Waals surface area contributed by atoms with Crippen molar-refractivity contribution in [2.45, 2.75) is 39.0 Å². The van der Waals surface area contributed by atoms with Crippen LogP contribution >= 0.6 is 0 Å². The van der Waals surface area contributed by atoms with Gasteiger partial charge in [-0.1, -0.05) is 13.3 Å². The van der Waals surface area contributed by atoms with E-state index in [0.717, 1.165) is 38.8 Å². The molecule has 0 radical (unpaired) electrons. The van der Waals surface area contributed by atoms with Gasteiger partial charge < -0.3 is 10.6 Å². The normalized spacial score (nSPS) is 10.0. The van der Waals surface area contributed by atoms with Crippen LogP contribution in [0.5, 0.6) is 0 Å². The second-order valence-corrected chi connectivity index (χ2v) is 3.26. The summed E-state index contributed by atoms with van der Waals surface area (Å²) in [7, 11) is 1.95. The molecular formula is C10H22N2O. The predicted molar refractivity (Wildman–Crippen MR) is 55.7 cm³/mol. The molecule has 0 aliphatic rings. The molecule has 0 fully saturated rings. The Morgan fingerprint density at radius 3 is 2.54 bits per heavy atom. The molecule has 0 rings (SSSR count). The zero-order valence-corrected chi connectivity index (χ0v) is 8.86. The van der Waals surface area contributed by atoms with Gasteiger partial charge >= 0.3 is 0 Å². The lowest BCUT2D eigenvalue weighted by Gasteiger charge is -2.02. The molecular weight excluding hydrogens is 164 g/mol. The highest BCUT2D eigenvalue weighted by Gasteiger charge is 1.98. The Labute approximate surface area is 81.3 Å². The molecule has 2 N–H and O–H groups in total. The van der Waals surface area contributed by atoms with Gasteiger partial charge in [-0.25, -0.2) is 0 Å². The molecule has 78 valence electrons. The second kappa shape index (κ2) is 9.52. The van der Waals surface area contributed by atoms with Crippen LogP contribution in [0.15, 0.2) is 0 Å². The maximum Gasteiger partial charge on any atom is 0.219 e. The molecule has 0 aliphatic carbocycles. The Kier molecular flexibility index (Phi) is 9.10. The molecule has 0 heterocycles. The van der Waals surface area contributed by atoms with Crippen LogP contribution in [0, 0.1) is 0 Å². The molecule has 0 unspecified atom stereocenters. The summed E-state index contributed by atoms with van der Waals surface area (Å²) in [6, 6.07) is 0.